The van der Waals surface area contributed by atoms with Gasteiger partial charge < -0.3 is 10.1 Å². The van der Waals surface area contributed by atoms with Gasteiger partial charge >= 0.3 is 5.97 Å². The summed E-state index contributed by atoms with van der Waals surface area (Å²) >= 11 is 0. The number of nitrogens with one attached hydrogen (secondary N) is 2. The van der Waals surface area contributed by atoms with Gasteiger partial charge in [-0.25, -0.2) is 0 Å². The van der Waals surface area contributed by atoms with E-state index in [0.29, 0.717) is 0 Å². The SMILES string of the molecule is CC1NC2(CCNCC2)OC1=O. The summed E-state index contributed by atoms with van der Waals surface area (Å²) in [5, 5.41) is 6.44. The van der Waals surface area contributed by atoms with Crippen LogP contribution in [0.4, 0.5) is 0 Å². The van der Waals surface area contributed by atoms with E-state index in [-0.39, 0.29) is 17.7 Å². The molecule has 0 aromatic rings. The molecule has 12 heavy (non-hydrogen) atoms. The molecule has 4 heteroatoms. The Morgan fingerprint density at radius 1 is 1.50 bits per heavy atom. The van der Waals surface area contributed by atoms with Crippen molar-refractivity contribution >= 4 is 5.97 Å². The Bertz CT molecular complexity index is 199. The van der Waals surface area contributed by atoms with E-state index in [1.807, 2.05) is 6.92 Å². The van der Waals surface area contributed by atoms with Crippen LogP contribution in [-0.2, 0) is 9.53 Å². The molecule has 0 radical (unpaired) electrons. The van der Waals surface area contributed by atoms with Gasteiger partial charge in [-0.15, -0.1) is 0 Å². The van der Waals surface area contributed by atoms with Crippen molar-refractivity contribution in [3.8, 4) is 0 Å². The molecule has 0 aromatic carbocycles. The Balaban J connectivity index is 2.07. The molecule has 0 bridgehead atoms. The second kappa shape index (κ2) is 2.71. The zero-order valence-corrected chi connectivity index (χ0v) is 7.22. The average Bonchev–Trinajstić information content (AvgIpc) is 2.29. The summed E-state index contributed by atoms with van der Waals surface area (Å²) in [7, 11) is 0. The normalized spacial score (nSPS) is 33.8. The van der Waals surface area contributed by atoms with E-state index in [0.717, 1.165) is 25.9 Å². The quantitative estimate of drug-likeness (QED) is 0.486. The van der Waals surface area contributed by atoms with Crippen molar-refractivity contribution in [2.75, 3.05) is 13.1 Å². The molecule has 2 N–H and O–H groups in total. The second-order valence-electron chi connectivity index (χ2n) is 3.53. The van der Waals surface area contributed by atoms with Crippen molar-refractivity contribution in [3.05, 3.63) is 0 Å². The third-order valence-electron chi connectivity index (χ3n) is 2.54. The van der Waals surface area contributed by atoms with Gasteiger partial charge in [0.05, 0.1) is 0 Å². The van der Waals surface area contributed by atoms with Crippen molar-refractivity contribution in [1.82, 2.24) is 10.6 Å². The highest BCUT2D eigenvalue weighted by Gasteiger charge is 2.44. The molecule has 2 fully saturated rings. The molecule has 2 saturated heterocycles. The molecule has 2 aliphatic rings. The van der Waals surface area contributed by atoms with Crippen LogP contribution in [0.2, 0.25) is 0 Å². The number of rotatable bonds is 0. The summed E-state index contributed by atoms with van der Waals surface area (Å²) in [5.41, 5.74) is -0.345. The van der Waals surface area contributed by atoms with Gasteiger partial charge in [0.2, 0.25) is 0 Å². The third-order valence-corrected chi connectivity index (χ3v) is 2.54. The maximum absolute atomic E-state index is 11.1. The largest absolute Gasteiger partial charge is 0.443 e. The predicted molar refractivity (Wildman–Crippen MR) is 43.5 cm³/mol. The summed E-state index contributed by atoms with van der Waals surface area (Å²) in [6.45, 7) is 3.69. The van der Waals surface area contributed by atoms with Crippen LogP contribution in [0.25, 0.3) is 0 Å². The van der Waals surface area contributed by atoms with Crippen LogP contribution in [0.3, 0.4) is 0 Å². The number of esters is 1. The van der Waals surface area contributed by atoms with Crippen molar-refractivity contribution in [1.29, 1.82) is 0 Å². The molecule has 0 aliphatic carbocycles. The molecule has 2 rings (SSSR count). The highest BCUT2D eigenvalue weighted by molar-refractivity contribution is 5.77. The number of carbonyl (C=O) groups is 1. The summed E-state index contributed by atoms with van der Waals surface area (Å²) in [5.74, 6) is -0.114. The Kier molecular flexibility index (Phi) is 1.81. The minimum Gasteiger partial charge on any atom is -0.443 e. The number of hydrogen-bond acceptors (Lipinski definition) is 4. The second-order valence-corrected chi connectivity index (χ2v) is 3.53. The Morgan fingerprint density at radius 2 is 2.17 bits per heavy atom. The number of piperidine rings is 1. The van der Waals surface area contributed by atoms with Gasteiger partial charge in [0.1, 0.15) is 6.04 Å². The van der Waals surface area contributed by atoms with Crippen molar-refractivity contribution in [2.45, 2.75) is 31.5 Å². The molecular weight excluding hydrogens is 156 g/mol. The van der Waals surface area contributed by atoms with Crippen LogP contribution in [0.1, 0.15) is 19.8 Å². The molecule has 0 saturated carbocycles. The fourth-order valence-electron chi connectivity index (χ4n) is 1.84. The van der Waals surface area contributed by atoms with E-state index < -0.39 is 0 Å². The molecule has 2 heterocycles. The topological polar surface area (TPSA) is 50.4 Å². The van der Waals surface area contributed by atoms with Gasteiger partial charge in [0, 0.05) is 25.9 Å². The molecule has 4 nitrogen and oxygen atoms in total. The van der Waals surface area contributed by atoms with Crippen LogP contribution in [0, 0.1) is 0 Å². The van der Waals surface area contributed by atoms with E-state index in [9.17, 15) is 4.79 Å². The summed E-state index contributed by atoms with van der Waals surface area (Å²) in [6, 6.07) is -0.136. The van der Waals surface area contributed by atoms with Crippen molar-refractivity contribution in [3.63, 3.8) is 0 Å². The highest BCUT2D eigenvalue weighted by Crippen LogP contribution is 2.26. The maximum Gasteiger partial charge on any atom is 0.324 e. The van der Waals surface area contributed by atoms with Crippen LogP contribution < -0.4 is 10.6 Å². The van der Waals surface area contributed by atoms with Gasteiger partial charge in [-0.3, -0.25) is 10.1 Å². The highest BCUT2D eigenvalue weighted by atomic mass is 16.6. The number of carbonyl (C=O) groups excluding carboxylic acids is 1. The minimum absolute atomic E-state index is 0.114. The molecule has 0 aromatic heterocycles. The Hall–Kier alpha value is -0.610. The standard InChI is InChI=1S/C8H14N2O2/c1-6-7(11)12-8(10-6)2-4-9-5-3-8/h6,9-10H,2-5H2,1H3. The molecule has 1 atom stereocenters. The zero-order chi connectivity index (χ0) is 8.60. The molecular formula is C8H14N2O2. The molecule has 2 aliphatic heterocycles. The van der Waals surface area contributed by atoms with Gasteiger partial charge in [-0.2, -0.15) is 0 Å². The lowest BCUT2D eigenvalue weighted by atomic mass is 10.0. The first-order chi connectivity index (χ1) is 5.72. The lowest BCUT2D eigenvalue weighted by molar-refractivity contribution is -0.151. The monoisotopic (exact) mass is 170 g/mol. The maximum atomic E-state index is 11.1. The summed E-state index contributed by atoms with van der Waals surface area (Å²) < 4.78 is 5.31. The van der Waals surface area contributed by atoms with Crippen molar-refractivity contribution in [2.24, 2.45) is 0 Å². The predicted octanol–water partition coefficient (Wildman–Crippen LogP) is -0.399. The molecule has 68 valence electrons. The lowest BCUT2D eigenvalue weighted by Gasteiger charge is -2.32. The van der Waals surface area contributed by atoms with Crippen molar-refractivity contribution < 1.29 is 9.53 Å². The fourth-order valence-corrected chi connectivity index (χ4v) is 1.84. The fraction of sp³-hybridized carbons (Fsp3) is 0.875. The van der Waals surface area contributed by atoms with Gasteiger partial charge in [0.15, 0.2) is 5.72 Å². The van der Waals surface area contributed by atoms with Crippen LogP contribution >= 0.6 is 0 Å². The average molecular weight is 170 g/mol. The Morgan fingerprint density at radius 3 is 2.67 bits per heavy atom. The van der Waals surface area contributed by atoms with Gasteiger partial charge in [-0.1, -0.05) is 0 Å². The Labute approximate surface area is 71.7 Å². The number of ether oxygens (including phenoxy) is 1. The van der Waals surface area contributed by atoms with E-state index in [2.05, 4.69) is 10.6 Å². The molecule has 1 spiro atoms. The van der Waals surface area contributed by atoms with Gasteiger partial charge in [-0.05, 0) is 6.92 Å². The van der Waals surface area contributed by atoms with Crippen LogP contribution in [0.15, 0.2) is 0 Å². The molecule has 0 amide bonds. The van der Waals surface area contributed by atoms with E-state index in [4.69, 9.17) is 4.74 Å². The zero-order valence-electron chi connectivity index (χ0n) is 7.22. The summed E-state index contributed by atoms with van der Waals surface area (Å²) in [4.78, 5) is 11.1. The van der Waals surface area contributed by atoms with E-state index in [1.165, 1.54) is 0 Å². The number of hydrogen-bond donors (Lipinski definition) is 2. The first-order valence-electron chi connectivity index (χ1n) is 4.43. The molecule has 1 unspecified atom stereocenters. The van der Waals surface area contributed by atoms with Crippen LogP contribution in [0.5, 0.6) is 0 Å². The summed E-state index contributed by atoms with van der Waals surface area (Å²) in [6.07, 6.45) is 1.76. The first-order valence-corrected chi connectivity index (χ1v) is 4.43. The third kappa shape index (κ3) is 1.21. The van der Waals surface area contributed by atoms with E-state index in [1.54, 1.807) is 0 Å². The van der Waals surface area contributed by atoms with E-state index >= 15 is 0 Å². The van der Waals surface area contributed by atoms with Crippen LogP contribution in [-0.4, -0.2) is 30.8 Å². The smallest absolute Gasteiger partial charge is 0.324 e. The lowest BCUT2D eigenvalue weighted by Crippen LogP contribution is -2.50. The van der Waals surface area contributed by atoms with Gasteiger partial charge in [0.25, 0.3) is 0 Å². The first kappa shape index (κ1) is 8.01. The minimum atomic E-state index is -0.345.